The van der Waals surface area contributed by atoms with E-state index in [1.165, 1.54) is 6.26 Å². The molecule has 3 heterocycles. The van der Waals surface area contributed by atoms with Crippen LogP contribution >= 0.6 is 11.3 Å². The molecule has 3 aromatic rings. The Kier molecular flexibility index (Phi) is 6.93. The number of nitrogens with one attached hydrogen (secondary N) is 2. The first-order valence-corrected chi connectivity index (χ1v) is 11.2. The Labute approximate surface area is 197 Å². The zero-order chi connectivity index (χ0) is 24.1. The number of para-hydroxylation sites is 2. The van der Waals surface area contributed by atoms with Gasteiger partial charge in [0.15, 0.2) is 12.7 Å². The summed E-state index contributed by atoms with van der Waals surface area (Å²) in [4.78, 5) is 49.2. The van der Waals surface area contributed by atoms with E-state index in [-0.39, 0.29) is 23.6 Å². The second kappa shape index (κ2) is 10.2. The van der Waals surface area contributed by atoms with Gasteiger partial charge in [-0.2, -0.15) is 0 Å². The number of fused-ring (bicyclic) bond motifs is 1. The summed E-state index contributed by atoms with van der Waals surface area (Å²) < 4.78 is 21.0. The molecule has 11 heteroatoms. The molecule has 1 unspecified atom stereocenters. The number of benzene rings is 1. The van der Waals surface area contributed by atoms with Crippen LogP contribution in [0.5, 0.6) is 5.75 Å². The van der Waals surface area contributed by atoms with Crippen molar-refractivity contribution in [3.8, 4) is 17.1 Å². The quantitative estimate of drug-likeness (QED) is 0.465. The molecule has 1 aromatic carbocycles. The second-order valence-corrected chi connectivity index (χ2v) is 7.94. The van der Waals surface area contributed by atoms with E-state index < -0.39 is 36.5 Å². The molecule has 1 aliphatic rings. The van der Waals surface area contributed by atoms with Crippen molar-refractivity contribution in [1.29, 1.82) is 0 Å². The molecule has 2 N–H and O–H groups in total. The average Bonchev–Trinajstić information content (AvgIpc) is 3.48. The van der Waals surface area contributed by atoms with E-state index in [4.69, 9.17) is 18.6 Å². The summed E-state index contributed by atoms with van der Waals surface area (Å²) in [6.07, 6.45) is 0.0200. The fourth-order valence-corrected chi connectivity index (χ4v) is 4.17. The predicted molar refractivity (Wildman–Crippen MR) is 122 cm³/mol. The Morgan fingerprint density at radius 1 is 1.15 bits per heavy atom. The van der Waals surface area contributed by atoms with E-state index in [9.17, 15) is 19.2 Å². The molecule has 0 radical (unpaired) electrons. The van der Waals surface area contributed by atoms with Crippen LogP contribution in [0.3, 0.4) is 0 Å². The molecule has 0 spiro atoms. The first kappa shape index (κ1) is 23.1. The van der Waals surface area contributed by atoms with Gasteiger partial charge in [-0.3, -0.25) is 14.4 Å². The largest absolute Gasteiger partial charge is 0.478 e. The number of hydrogen-bond donors (Lipinski definition) is 2. The smallest absolute Gasteiger partial charge is 0.341 e. The topological polar surface area (TPSA) is 133 Å². The van der Waals surface area contributed by atoms with E-state index >= 15 is 0 Å². The highest BCUT2D eigenvalue weighted by molar-refractivity contribution is 7.15. The number of ether oxygens (including phenoxy) is 3. The molecule has 2 aromatic heterocycles. The summed E-state index contributed by atoms with van der Waals surface area (Å²) >= 11 is 1.11. The van der Waals surface area contributed by atoms with Gasteiger partial charge in [0.25, 0.3) is 11.8 Å². The Morgan fingerprint density at radius 2 is 1.97 bits per heavy atom. The highest BCUT2D eigenvalue weighted by Crippen LogP contribution is 2.36. The fraction of sp³-hybridized carbons (Fsp3) is 0.217. The molecule has 0 aliphatic carbocycles. The number of amides is 2. The zero-order valence-corrected chi connectivity index (χ0v) is 18.8. The summed E-state index contributed by atoms with van der Waals surface area (Å²) in [5.74, 6) is -1.67. The van der Waals surface area contributed by atoms with Gasteiger partial charge in [0.1, 0.15) is 22.1 Å². The normalized spacial score (nSPS) is 14.4. The maximum atomic E-state index is 12.5. The van der Waals surface area contributed by atoms with Crippen molar-refractivity contribution in [2.45, 2.75) is 19.4 Å². The van der Waals surface area contributed by atoms with Crippen molar-refractivity contribution in [3.63, 3.8) is 0 Å². The lowest BCUT2D eigenvalue weighted by Crippen LogP contribution is -2.39. The molecular formula is C23H20N2O8S. The van der Waals surface area contributed by atoms with Crippen molar-refractivity contribution >= 4 is 45.8 Å². The van der Waals surface area contributed by atoms with Crippen molar-refractivity contribution in [3.05, 3.63) is 53.6 Å². The number of esters is 2. The third-order valence-electron chi connectivity index (χ3n) is 4.73. The molecule has 10 nitrogen and oxygen atoms in total. The molecule has 2 amide bonds. The highest BCUT2D eigenvalue weighted by atomic mass is 32.1. The molecule has 176 valence electrons. The summed E-state index contributed by atoms with van der Waals surface area (Å²) in [7, 11) is 0. The molecule has 0 saturated heterocycles. The third-order valence-corrected chi connectivity index (χ3v) is 5.63. The molecule has 0 saturated carbocycles. The summed E-state index contributed by atoms with van der Waals surface area (Å²) in [5, 5.41) is 7.11. The van der Waals surface area contributed by atoms with Gasteiger partial charge >= 0.3 is 11.9 Å². The van der Waals surface area contributed by atoms with E-state index in [2.05, 4.69) is 10.6 Å². The molecule has 4 rings (SSSR count). The summed E-state index contributed by atoms with van der Waals surface area (Å²) in [6, 6.07) is 10.2. The number of hydrogen-bond acceptors (Lipinski definition) is 9. The highest BCUT2D eigenvalue weighted by Gasteiger charge is 2.30. The summed E-state index contributed by atoms with van der Waals surface area (Å²) in [6.45, 7) is 1.21. The predicted octanol–water partition coefficient (Wildman–Crippen LogP) is 3.46. The third kappa shape index (κ3) is 5.09. The van der Waals surface area contributed by atoms with E-state index in [1.54, 1.807) is 48.7 Å². The monoisotopic (exact) mass is 484 g/mol. The van der Waals surface area contributed by atoms with Gasteiger partial charge in [-0.1, -0.05) is 12.1 Å². The number of anilines is 2. The Morgan fingerprint density at radius 3 is 2.74 bits per heavy atom. The Balaban J connectivity index is 1.36. The molecule has 0 bridgehead atoms. The average molecular weight is 484 g/mol. The first-order valence-electron chi connectivity index (χ1n) is 10.3. The zero-order valence-electron chi connectivity index (χ0n) is 18.0. The van der Waals surface area contributed by atoms with Gasteiger partial charge in [-0.05, 0) is 31.2 Å². The van der Waals surface area contributed by atoms with E-state index in [0.29, 0.717) is 22.8 Å². The van der Waals surface area contributed by atoms with Crippen LogP contribution in [0.1, 0.15) is 23.7 Å². The van der Waals surface area contributed by atoms with Crippen molar-refractivity contribution in [1.82, 2.24) is 0 Å². The molecule has 34 heavy (non-hydrogen) atoms. The van der Waals surface area contributed by atoms with Gasteiger partial charge in [-0.15, -0.1) is 11.3 Å². The number of carbonyl (C=O) groups excluding carboxylic acids is 4. The lowest BCUT2D eigenvalue weighted by atomic mass is 10.1. The number of rotatable bonds is 8. The lowest BCUT2D eigenvalue weighted by Gasteiger charge is -2.25. The van der Waals surface area contributed by atoms with Crippen molar-refractivity contribution in [2.75, 3.05) is 23.8 Å². The number of furan rings is 1. The van der Waals surface area contributed by atoms with Crippen LogP contribution in [-0.4, -0.2) is 43.1 Å². The van der Waals surface area contributed by atoms with Crippen molar-refractivity contribution < 1.29 is 37.8 Å². The van der Waals surface area contributed by atoms with Crippen molar-refractivity contribution in [2.24, 2.45) is 0 Å². The molecule has 0 fully saturated rings. The van der Waals surface area contributed by atoms with E-state index in [0.717, 1.165) is 11.3 Å². The SMILES string of the molecule is CCOC(=O)c1c(-c2ccco2)csc1NC(=O)COC(=O)CC1Oc2ccccc2NC1=O. The van der Waals surface area contributed by atoms with Crippen LogP contribution in [0.15, 0.2) is 52.5 Å². The van der Waals surface area contributed by atoms with Crippen LogP contribution < -0.4 is 15.4 Å². The molecular weight excluding hydrogens is 464 g/mol. The second-order valence-electron chi connectivity index (χ2n) is 7.06. The fourth-order valence-electron chi connectivity index (χ4n) is 3.22. The van der Waals surface area contributed by atoms with Gasteiger partial charge in [0, 0.05) is 10.9 Å². The number of thiophene rings is 1. The minimum Gasteiger partial charge on any atom is -0.478 e. The Hall–Kier alpha value is -4.12. The first-order chi connectivity index (χ1) is 16.5. The Bertz CT molecular complexity index is 1220. The standard InChI is InChI=1S/C23H20N2O8S/c1-2-30-23(29)20-13(15-8-5-9-31-15)12-34-22(20)25-18(26)11-32-19(27)10-17-21(28)24-14-6-3-4-7-16(14)33-17/h3-9,12,17H,2,10-11H2,1H3,(H,24,28)(H,25,26). The lowest BCUT2D eigenvalue weighted by molar-refractivity contribution is -0.150. The molecule has 1 atom stereocenters. The summed E-state index contributed by atoms with van der Waals surface area (Å²) in [5.41, 5.74) is 1.13. The van der Waals surface area contributed by atoms with Crippen LogP contribution in [0.4, 0.5) is 10.7 Å². The van der Waals surface area contributed by atoms with Gasteiger partial charge in [0.05, 0.1) is 25.0 Å². The van der Waals surface area contributed by atoms with Gasteiger partial charge < -0.3 is 29.3 Å². The maximum absolute atomic E-state index is 12.5. The van der Waals surface area contributed by atoms with Crippen LogP contribution in [0.25, 0.3) is 11.3 Å². The van der Waals surface area contributed by atoms with Crippen LogP contribution in [0.2, 0.25) is 0 Å². The van der Waals surface area contributed by atoms with Crippen LogP contribution in [0, 0.1) is 0 Å². The molecule has 1 aliphatic heterocycles. The maximum Gasteiger partial charge on any atom is 0.341 e. The minimum absolute atomic E-state index is 0.146. The number of carbonyl (C=O) groups is 4. The van der Waals surface area contributed by atoms with Crippen LogP contribution in [-0.2, 0) is 23.9 Å². The van der Waals surface area contributed by atoms with Gasteiger partial charge in [0.2, 0.25) is 0 Å². The minimum atomic E-state index is -1.07. The van der Waals surface area contributed by atoms with E-state index in [1.807, 2.05) is 0 Å². The van der Waals surface area contributed by atoms with Gasteiger partial charge in [-0.25, -0.2) is 4.79 Å².